The van der Waals surface area contributed by atoms with Crippen molar-refractivity contribution < 1.29 is 22.7 Å². The Morgan fingerprint density at radius 1 is 1.04 bits per heavy atom. The van der Waals surface area contributed by atoms with Crippen molar-refractivity contribution in [3.8, 4) is 5.75 Å². The monoisotopic (exact) mass is 391 g/mol. The Morgan fingerprint density at radius 3 is 2.21 bits per heavy atom. The summed E-state index contributed by atoms with van der Waals surface area (Å²) in [6.07, 6.45) is 2.28. The molecule has 8 heteroatoms. The van der Waals surface area contributed by atoms with Gasteiger partial charge < -0.3 is 15.0 Å². The summed E-state index contributed by atoms with van der Waals surface area (Å²) in [5.41, 5.74) is -0.382. The van der Waals surface area contributed by atoms with Crippen LogP contribution in [0.25, 0.3) is 0 Å². The van der Waals surface area contributed by atoms with Gasteiger partial charge in [0.05, 0.1) is 5.56 Å². The number of amides is 2. The van der Waals surface area contributed by atoms with Crippen molar-refractivity contribution in [1.82, 2.24) is 9.88 Å². The first-order valence-corrected chi connectivity index (χ1v) is 9.23. The number of piperidine rings is 1. The normalized spacial score (nSPS) is 24.1. The van der Waals surface area contributed by atoms with Gasteiger partial charge in [-0.1, -0.05) is 0 Å². The van der Waals surface area contributed by atoms with Crippen LogP contribution in [-0.2, 0) is 6.18 Å². The van der Waals surface area contributed by atoms with Gasteiger partial charge in [-0.2, -0.15) is 13.2 Å². The average molecular weight is 391 g/mol. The van der Waals surface area contributed by atoms with Gasteiger partial charge >= 0.3 is 12.2 Å². The highest BCUT2D eigenvalue weighted by Crippen LogP contribution is 2.38. The lowest BCUT2D eigenvalue weighted by Gasteiger charge is -2.38. The summed E-state index contributed by atoms with van der Waals surface area (Å²) < 4.78 is 44.0. The van der Waals surface area contributed by atoms with Gasteiger partial charge in [0.2, 0.25) is 0 Å². The number of nitrogens with one attached hydrogen (secondary N) is 1. The van der Waals surface area contributed by atoms with Gasteiger partial charge in [0.1, 0.15) is 11.9 Å². The molecule has 0 spiro atoms. The zero-order valence-corrected chi connectivity index (χ0v) is 15.0. The lowest BCUT2D eigenvalue weighted by Crippen LogP contribution is -2.50. The highest BCUT2D eigenvalue weighted by molar-refractivity contribution is 5.90. The average Bonchev–Trinajstić information content (AvgIpc) is 2.93. The summed E-state index contributed by atoms with van der Waals surface area (Å²) in [5.74, 6) is 0.766. The molecule has 2 atom stereocenters. The van der Waals surface area contributed by atoms with Crippen LogP contribution in [0.2, 0.25) is 0 Å². The lowest BCUT2D eigenvalue weighted by molar-refractivity contribution is -0.137. The van der Waals surface area contributed by atoms with Crippen molar-refractivity contribution in [3.63, 3.8) is 0 Å². The number of pyridine rings is 1. The minimum Gasteiger partial charge on any atom is -0.490 e. The van der Waals surface area contributed by atoms with Gasteiger partial charge in [0.15, 0.2) is 0 Å². The largest absolute Gasteiger partial charge is 0.490 e. The molecule has 2 fully saturated rings. The molecular weight excluding hydrogens is 371 g/mol. The summed E-state index contributed by atoms with van der Waals surface area (Å²) >= 11 is 0. The zero-order chi connectivity index (χ0) is 19.7. The summed E-state index contributed by atoms with van der Waals surface area (Å²) in [5, 5.41) is 2.73. The maximum absolute atomic E-state index is 12.7. The number of halogens is 3. The van der Waals surface area contributed by atoms with Crippen LogP contribution in [-0.4, -0.2) is 34.1 Å². The minimum absolute atomic E-state index is 0.0371. The van der Waals surface area contributed by atoms with Crippen LogP contribution in [0.4, 0.5) is 23.7 Å². The summed E-state index contributed by atoms with van der Waals surface area (Å²) in [7, 11) is 0. The molecule has 2 aliphatic rings. The Hall–Kier alpha value is -2.77. The van der Waals surface area contributed by atoms with Crippen LogP contribution in [0.15, 0.2) is 48.8 Å². The fourth-order valence-corrected chi connectivity index (χ4v) is 4.09. The van der Waals surface area contributed by atoms with Gasteiger partial charge in [-0.15, -0.1) is 0 Å². The molecule has 0 saturated carbocycles. The number of rotatable bonds is 3. The molecule has 2 aromatic rings. The molecule has 0 radical (unpaired) electrons. The second kappa shape index (κ2) is 7.33. The quantitative estimate of drug-likeness (QED) is 0.825. The van der Waals surface area contributed by atoms with Crippen LogP contribution >= 0.6 is 0 Å². The Morgan fingerprint density at radius 2 is 1.64 bits per heavy atom. The van der Waals surface area contributed by atoms with E-state index in [1.54, 1.807) is 12.4 Å². The first-order valence-electron chi connectivity index (χ1n) is 9.23. The van der Waals surface area contributed by atoms with Gasteiger partial charge in [-0.3, -0.25) is 4.98 Å². The lowest BCUT2D eigenvalue weighted by atomic mass is 10.00. The molecule has 2 amide bonds. The number of anilines is 1. The standard InChI is InChI=1S/C20H20F3N3O2/c21-20(22,23)13-1-3-14(4-2-13)25-19(27)26-15-5-6-16(26)12-18(11-15)28-17-7-9-24-10-8-17/h1-4,7-10,15-16,18H,5-6,11-12H2,(H,25,27). The topological polar surface area (TPSA) is 54.5 Å². The number of urea groups is 1. The van der Waals surface area contributed by atoms with E-state index in [4.69, 9.17) is 4.74 Å². The Bertz CT molecular complexity index is 813. The predicted molar refractivity (Wildman–Crippen MR) is 97.0 cm³/mol. The number of carbonyl (C=O) groups is 1. The molecule has 2 unspecified atom stereocenters. The molecule has 2 bridgehead atoms. The van der Waals surface area contributed by atoms with Crippen molar-refractivity contribution in [3.05, 3.63) is 54.4 Å². The number of nitrogens with zero attached hydrogens (tertiary/aromatic N) is 2. The van der Waals surface area contributed by atoms with E-state index >= 15 is 0 Å². The van der Waals surface area contributed by atoms with Gasteiger partial charge in [-0.05, 0) is 49.2 Å². The Kier molecular flexibility index (Phi) is 4.87. The number of ether oxygens (including phenoxy) is 1. The molecule has 4 rings (SSSR count). The van der Waals surface area contributed by atoms with Gasteiger partial charge in [-0.25, -0.2) is 4.79 Å². The highest BCUT2D eigenvalue weighted by Gasteiger charge is 2.44. The summed E-state index contributed by atoms with van der Waals surface area (Å²) in [6, 6.07) is 7.99. The van der Waals surface area contributed by atoms with E-state index in [2.05, 4.69) is 10.3 Å². The zero-order valence-electron chi connectivity index (χ0n) is 15.0. The molecule has 2 aliphatic heterocycles. The van der Waals surface area contributed by atoms with E-state index in [0.29, 0.717) is 5.69 Å². The van der Waals surface area contributed by atoms with Gasteiger partial charge in [0, 0.05) is 43.0 Å². The van der Waals surface area contributed by atoms with E-state index in [0.717, 1.165) is 43.6 Å². The Labute approximate surface area is 160 Å². The van der Waals surface area contributed by atoms with Crippen LogP contribution in [0, 0.1) is 0 Å². The first-order chi connectivity index (χ1) is 13.4. The molecule has 1 aromatic carbocycles. The molecule has 5 nitrogen and oxygen atoms in total. The van der Waals surface area contributed by atoms with E-state index in [9.17, 15) is 18.0 Å². The number of hydrogen-bond donors (Lipinski definition) is 1. The molecule has 148 valence electrons. The first kappa shape index (κ1) is 18.6. The number of aromatic nitrogens is 1. The van der Waals surface area contributed by atoms with Crippen LogP contribution in [0.1, 0.15) is 31.2 Å². The maximum atomic E-state index is 12.7. The Balaban J connectivity index is 1.38. The minimum atomic E-state index is -4.39. The predicted octanol–water partition coefficient (Wildman–Crippen LogP) is 4.71. The number of carbonyl (C=O) groups excluding carboxylic acids is 1. The molecule has 0 aliphatic carbocycles. The second-order valence-electron chi connectivity index (χ2n) is 7.19. The molecule has 1 N–H and O–H groups in total. The van der Waals surface area contributed by atoms with Gasteiger partial charge in [0.25, 0.3) is 0 Å². The van der Waals surface area contributed by atoms with E-state index in [-0.39, 0.29) is 24.2 Å². The number of benzene rings is 1. The van der Waals surface area contributed by atoms with Crippen LogP contribution < -0.4 is 10.1 Å². The van der Waals surface area contributed by atoms with Crippen molar-refractivity contribution in [2.24, 2.45) is 0 Å². The summed E-state index contributed by atoms with van der Waals surface area (Å²) in [4.78, 5) is 18.5. The number of alkyl halides is 3. The molecule has 1 aromatic heterocycles. The third kappa shape index (κ3) is 3.90. The summed E-state index contributed by atoms with van der Waals surface area (Å²) in [6.45, 7) is 0. The van der Waals surface area contributed by atoms with E-state index in [1.807, 2.05) is 17.0 Å². The van der Waals surface area contributed by atoms with E-state index in [1.165, 1.54) is 12.1 Å². The molecular formula is C20H20F3N3O2. The third-order valence-corrected chi connectivity index (χ3v) is 5.34. The SMILES string of the molecule is O=C(Nc1ccc(C(F)(F)F)cc1)N1C2CCC1CC(Oc1ccncc1)C2. The molecule has 2 saturated heterocycles. The highest BCUT2D eigenvalue weighted by atomic mass is 19.4. The number of hydrogen-bond acceptors (Lipinski definition) is 3. The second-order valence-corrected chi connectivity index (χ2v) is 7.19. The van der Waals surface area contributed by atoms with Crippen LogP contribution in [0.3, 0.4) is 0 Å². The van der Waals surface area contributed by atoms with Crippen molar-refractivity contribution in [2.75, 3.05) is 5.32 Å². The smallest absolute Gasteiger partial charge is 0.416 e. The number of fused-ring (bicyclic) bond motifs is 2. The fourth-order valence-electron chi connectivity index (χ4n) is 4.09. The molecule has 28 heavy (non-hydrogen) atoms. The third-order valence-electron chi connectivity index (χ3n) is 5.34. The molecule has 3 heterocycles. The van der Waals surface area contributed by atoms with Crippen molar-refractivity contribution in [1.29, 1.82) is 0 Å². The van der Waals surface area contributed by atoms with Crippen molar-refractivity contribution in [2.45, 2.75) is 50.0 Å². The fraction of sp³-hybridized carbons (Fsp3) is 0.400. The maximum Gasteiger partial charge on any atom is 0.416 e. The van der Waals surface area contributed by atoms with E-state index < -0.39 is 11.7 Å². The van der Waals surface area contributed by atoms with Crippen LogP contribution in [0.5, 0.6) is 5.75 Å². The van der Waals surface area contributed by atoms with Crippen molar-refractivity contribution >= 4 is 11.7 Å².